The highest BCUT2D eigenvalue weighted by molar-refractivity contribution is 5.83. The van der Waals surface area contributed by atoms with E-state index in [-0.39, 0.29) is 0 Å². The highest BCUT2D eigenvalue weighted by atomic mass is 16.4. The molecule has 0 fully saturated rings. The summed E-state index contributed by atoms with van der Waals surface area (Å²) in [6.07, 6.45) is 0.624. The number of para-hydroxylation sites is 1. The third-order valence-electron chi connectivity index (χ3n) is 4.00. The fraction of sp³-hybridized carbons (Fsp3) is 0.250. The van der Waals surface area contributed by atoms with Crippen molar-refractivity contribution in [1.29, 1.82) is 0 Å². The van der Waals surface area contributed by atoms with Crippen molar-refractivity contribution in [3.8, 4) is 11.3 Å². The van der Waals surface area contributed by atoms with Gasteiger partial charge in [-0.2, -0.15) is 0 Å². The van der Waals surface area contributed by atoms with Gasteiger partial charge >= 0.3 is 5.97 Å². The van der Waals surface area contributed by atoms with Crippen LogP contribution in [0.15, 0.2) is 59.0 Å². The van der Waals surface area contributed by atoms with Crippen LogP contribution >= 0.6 is 0 Å². The van der Waals surface area contributed by atoms with Crippen molar-refractivity contribution in [3.63, 3.8) is 0 Å². The maximum atomic E-state index is 11.6. The quantitative estimate of drug-likeness (QED) is 0.694. The van der Waals surface area contributed by atoms with Crippen molar-refractivity contribution in [3.05, 3.63) is 60.2 Å². The Labute approximate surface area is 135 Å². The summed E-state index contributed by atoms with van der Waals surface area (Å²) in [6.45, 7) is 4.08. The minimum absolute atomic E-state index is 0.325. The molecule has 1 aromatic heterocycles. The number of benzene rings is 2. The van der Waals surface area contributed by atoms with Gasteiger partial charge in [0.1, 0.15) is 11.3 Å². The topological polar surface area (TPSA) is 50.4 Å². The second-order valence-corrected chi connectivity index (χ2v) is 6.29. The van der Waals surface area contributed by atoms with Crippen molar-refractivity contribution >= 4 is 16.9 Å². The van der Waals surface area contributed by atoms with Crippen LogP contribution < -0.4 is 0 Å². The molecule has 23 heavy (non-hydrogen) atoms. The molecule has 0 spiro atoms. The van der Waals surface area contributed by atoms with Crippen molar-refractivity contribution in [2.75, 3.05) is 0 Å². The number of hydrogen-bond donors (Lipinski definition) is 1. The highest BCUT2D eigenvalue weighted by Crippen LogP contribution is 2.31. The molecule has 0 saturated heterocycles. The summed E-state index contributed by atoms with van der Waals surface area (Å²) in [6, 6.07) is 17.5. The summed E-state index contributed by atoms with van der Waals surface area (Å²) in [5.74, 6) is -0.174. The van der Waals surface area contributed by atoms with Crippen molar-refractivity contribution in [2.45, 2.75) is 26.2 Å². The summed E-state index contributed by atoms with van der Waals surface area (Å²) in [5.41, 5.74) is 2.57. The van der Waals surface area contributed by atoms with E-state index in [2.05, 4.69) is 0 Å². The molecule has 0 saturated carbocycles. The zero-order chi connectivity index (χ0) is 16.4. The monoisotopic (exact) mass is 308 g/mol. The Morgan fingerprint density at radius 3 is 2.57 bits per heavy atom. The zero-order valence-electron chi connectivity index (χ0n) is 13.3. The molecule has 118 valence electrons. The van der Waals surface area contributed by atoms with Gasteiger partial charge in [-0.1, -0.05) is 50.2 Å². The molecule has 0 bridgehead atoms. The number of hydrogen-bond acceptors (Lipinski definition) is 2. The van der Waals surface area contributed by atoms with Crippen LogP contribution in [-0.4, -0.2) is 11.1 Å². The lowest BCUT2D eigenvalue weighted by atomic mass is 9.89. The van der Waals surface area contributed by atoms with E-state index in [1.54, 1.807) is 0 Å². The maximum absolute atomic E-state index is 11.6. The first-order valence-electron chi connectivity index (χ1n) is 7.86. The molecule has 0 aliphatic rings. The molecule has 3 aromatic rings. The van der Waals surface area contributed by atoms with Gasteiger partial charge in [0.15, 0.2) is 0 Å². The molecule has 1 atom stereocenters. The molecule has 1 unspecified atom stereocenters. The smallest absolute Gasteiger partial charge is 0.310 e. The third kappa shape index (κ3) is 3.29. The molecule has 0 aliphatic heterocycles. The van der Waals surface area contributed by atoms with Gasteiger partial charge in [0.25, 0.3) is 0 Å². The lowest BCUT2D eigenvalue weighted by Crippen LogP contribution is -2.14. The lowest BCUT2D eigenvalue weighted by molar-refractivity contribution is -0.139. The van der Waals surface area contributed by atoms with E-state index in [1.807, 2.05) is 68.4 Å². The predicted molar refractivity (Wildman–Crippen MR) is 91.5 cm³/mol. The predicted octanol–water partition coefficient (Wildman–Crippen LogP) is 5.31. The molecular formula is C20H20O3. The van der Waals surface area contributed by atoms with Crippen LogP contribution in [0.1, 0.15) is 31.7 Å². The Bertz CT molecular complexity index is 797. The van der Waals surface area contributed by atoms with Crippen LogP contribution in [0.5, 0.6) is 0 Å². The van der Waals surface area contributed by atoms with Gasteiger partial charge in [0.2, 0.25) is 0 Å². The van der Waals surface area contributed by atoms with Gasteiger partial charge in [-0.15, -0.1) is 0 Å². The van der Waals surface area contributed by atoms with Gasteiger partial charge in [0.05, 0.1) is 5.92 Å². The average molecular weight is 308 g/mol. The first kappa shape index (κ1) is 15.3. The molecule has 0 radical (unpaired) electrons. The molecule has 3 nitrogen and oxygen atoms in total. The Kier molecular flexibility index (Phi) is 4.20. The molecular weight excluding hydrogens is 288 g/mol. The fourth-order valence-corrected chi connectivity index (χ4v) is 2.88. The minimum Gasteiger partial charge on any atom is -0.481 e. The Balaban J connectivity index is 1.99. The normalized spacial score (nSPS) is 12.7. The van der Waals surface area contributed by atoms with Crippen LogP contribution in [0.25, 0.3) is 22.3 Å². The molecule has 0 aliphatic carbocycles. The van der Waals surface area contributed by atoms with Crippen molar-refractivity contribution in [2.24, 2.45) is 5.92 Å². The number of carboxylic acid groups (broad SMARTS) is 1. The summed E-state index contributed by atoms with van der Waals surface area (Å²) in [7, 11) is 0. The van der Waals surface area contributed by atoms with Crippen LogP contribution in [-0.2, 0) is 4.79 Å². The second-order valence-electron chi connectivity index (χ2n) is 6.29. The van der Waals surface area contributed by atoms with E-state index in [1.165, 1.54) is 0 Å². The molecule has 3 heteroatoms. The molecule has 3 rings (SSSR count). The number of carbonyl (C=O) groups is 1. The van der Waals surface area contributed by atoms with Crippen LogP contribution in [0.2, 0.25) is 0 Å². The van der Waals surface area contributed by atoms with Crippen LogP contribution in [0.3, 0.4) is 0 Å². The van der Waals surface area contributed by atoms with Gasteiger partial charge in [-0.3, -0.25) is 4.79 Å². The van der Waals surface area contributed by atoms with Gasteiger partial charge in [-0.25, -0.2) is 0 Å². The maximum Gasteiger partial charge on any atom is 0.310 e. The number of fused-ring (bicyclic) bond motifs is 1. The van der Waals surface area contributed by atoms with E-state index in [0.29, 0.717) is 12.3 Å². The Morgan fingerprint density at radius 1 is 1.09 bits per heavy atom. The SMILES string of the molecule is CC(C)CC(C(=O)O)c1cccc(-c2cc3ccccc3o2)c1. The van der Waals surface area contributed by atoms with Crippen LogP contribution in [0.4, 0.5) is 0 Å². The fourth-order valence-electron chi connectivity index (χ4n) is 2.88. The summed E-state index contributed by atoms with van der Waals surface area (Å²) < 4.78 is 5.88. The van der Waals surface area contributed by atoms with Crippen molar-refractivity contribution in [1.82, 2.24) is 0 Å². The van der Waals surface area contributed by atoms with E-state index >= 15 is 0 Å². The van der Waals surface area contributed by atoms with Crippen LogP contribution in [0, 0.1) is 5.92 Å². The number of carboxylic acids is 1. The molecule has 2 aromatic carbocycles. The van der Waals surface area contributed by atoms with E-state index < -0.39 is 11.9 Å². The molecule has 1 N–H and O–H groups in total. The summed E-state index contributed by atoms with van der Waals surface area (Å²) in [5, 5.41) is 10.6. The van der Waals surface area contributed by atoms with Gasteiger partial charge in [-0.05, 0) is 36.1 Å². The number of rotatable bonds is 5. The minimum atomic E-state index is -0.777. The highest BCUT2D eigenvalue weighted by Gasteiger charge is 2.21. The largest absolute Gasteiger partial charge is 0.481 e. The molecule has 1 heterocycles. The Hall–Kier alpha value is -2.55. The summed E-state index contributed by atoms with van der Waals surface area (Å²) in [4.78, 5) is 11.6. The average Bonchev–Trinajstić information content (AvgIpc) is 2.96. The Morgan fingerprint density at radius 2 is 1.87 bits per heavy atom. The lowest BCUT2D eigenvalue weighted by Gasteiger charge is -2.15. The van der Waals surface area contributed by atoms with E-state index in [4.69, 9.17) is 4.42 Å². The summed E-state index contributed by atoms with van der Waals surface area (Å²) >= 11 is 0. The zero-order valence-corrected chi connectivity index (χ0v) is 13.3. The molecule has 0 amide bonds. The first-order valence-corrected chi connectivity index (χ1v) is 7.86. The van der Waals surface area contributed by atoms with E-state index in [0.717, 1.165) is 27.9 Å². The number of aliphatic carboxylic acids is 1. The van der Waals surface area contributed by atoms with E-state index in [9.17, 15) is 9.90 Å². The number of furan rings is 1. The van der Waals surface area contributed by atoms with Gasteiger partial charge in [0, 0.05) is 10.9 Å². The first-order chi connectivity index (χ1) is 11.0. The third-order valence-corrected chi connectivity index (χ3v) is 4.00. The van der Waals surface area contributed by atoms with Crippen molar-refractivity contribution < 1.29 is 14.3 Å². The standard InChI is InChI=1S/C20H20O3/c1-13(2)10-17(20(21)22)14-7-5-8-15(11-14)19-12-16-6-3-4-9-18(16)23-19/h3-9,11-13,17H,10H2,1-2H3,(H,21,22). The second kappa shape index (κ2) is 6.29. The van der Waals surface area contributed by atoms with Gasteiger partial charge < -0.3 is 9.52 Å².